The SMILES string of the molecule is O=C(O)CCc1nn2c(C(F)(F)F)nnc2s1. The van der Waals surface area contributed by atoms with E-state index < -0.39 is 18.0 Å². The minimum Gasteiger partial charge on any atom is -0.481 e. The molecular formula is C7H5F3N4O2S. The van der Waals surface area contributed by atoms with Gasteiger partial charge in [0.05, 0.1) is 6.42 Å². The molecule has 17 heavy (non-hydrogen) atoms. The van der Waals surface area contributed by atoms with E-state index in [0.717, 1.165) is 11.3 Å². The van der Waals surface area contributed by atoms with Crippen LogP contribution in [0.25, 0.3) is 4.96 Å². The first-order valence-corrected chi connectivity index (χ1v) is 5.19. The molecule has 0 fully saturated rings. The van der Waals surface area contributed by atoms with E-state index in [4.69, 9.17) is 5.11 Å². The molecule has 0 amide bonds. The van der Waals surface area contributed by atoms with Crippen LogP contribution in [0.5, 0.6) is 0 Å². The van der Waals surface area contributed by atoms with Crippen molar-refractivity contribution < 1.29 is 23.1 Å². The highest BCUT2D eigenvalue weighted by Gasteiger charge is 2.38. The maximum Gasteiger partial charge on any atom is 0.453 e. The van der Waals surface area contributed by atoms with Gasteiger partial charge in [0.2, 0.25) is 4.96 Å². The molecule has 0 spiro atoms. The smallest absolute Gasteiger partial charge is 0.453 e. The number of halogens is 3. The number of fused-ring (bicyclic) bond motifs is 1. The molecule has 0 unspecified atom stereocenters. The molecule has 0 bridgehead atoms. The van der Waals surface area contributed by atoms with Gasteiger partial charge in [0.15, 0.2) is 0 Å². The van der Waals surface area contributed by atoms with Crippen LogP contribution < -0.4 is 0 Å². The van der Waals surface area contributed by atoms with Crippen molar-refractivity contribution in [2.24, 2.45) is 0 Å². The summed E-state index contributed by atoms with van der Waals surface area (Å²) in [7, 11) is 0. The van der Waals surface area contributed by atoms with Gasteiger partial charge in [0.25, 0.3) is 5.82 Å². The third-order valence-electron chi connectivity index (χ3n) is 1.84. The Bertz CT molecular complexity index is 561. The molecule has 0 radical (unpaired) electrons. The van der Waals surface area contributed by atoms with E-state index in [1.807, 2.05) is 0 Å². The average Bonchev–Trinajstić information content (AvgIpc) is 2.70. The second-order valence-corrected chi connectivity index (χ2v) is 4.15. The van der Waals surface area contributed by atoms with Crippen molar-refractivity contribution in [1.82, 2.24) is 19.8 Å². The summed E-state index contributed by atoms with van der Waals surface area (Å²) in [6, 6.07) is 0. The molecule has 0 atom stereocenters. The standard InChI is InChI=1S/C7H5F3N4O2S/c8-7(9,10)5-11-12-6-14(5)13-3(17-6)1-2-4(15)16/h1-2H2,(H,15,16). The molecule has 0 aliphatic heterocycles. The molecule has 1 N–H and O–H groups in total. The topological polar surface area (TPSA) is 80.4 Å². The van der Waals surface area contributed by atoms with Gasteiger partial charge in [-0.25, -0.2) is 0 Å². The lowest BCUT2D eigenvalue weighted by Gasteiger charge is -1.99. The first-order chi connectivity index (χ1) is 7.88. The van der Waals surface area contributed by atoms with Crippen molar-refractivity contribution in [3.8, 4) is 0 Å². The average molecular weight is 266 g/mol. The molecule has 2 rings (SSSR count). The third kappa shape index (κ3) is 2.35. The molecule has 92 valence electrons. The highest BCUT2D eigenvalue weighted by molar-refractivity contribution is 7.16. The van der Waals surface area contributed by atoms with Gasteiger partial charge in [-0.1, -0.05) is 11.3 Å². The quantitative estimate of drug-likeness (QED) is 0.903. The Kier molecular flexibility index (Phi) is 2.73. The maximum atomic E-state index is 12.4. The van der Waals surface area contributed by atoms with Gasteiger partial charge in [-0.3, -0.25) is 4.79 Å². The number of aliphatic carboxylic acids is 1. The second-order valence-electron chi connectivity index (χ2n) is 3.11. The first-order valence-electron chi connectivity index (χ1n) is 4.38. The highest BCUT2D eigenvalue weighted by Crippen LogP contribution is 2.29. The number of nitrogens with zero attached hydrogens (tertiary/aromatic N) is 4. The number of carboxylic acid groups (broad SMARTS) is 1. The Morgan fingerprint density at radius 2 is 2.12 bits per heavy atom. The third-order valence-corrected chi connectivity index (χ3v) is 2.80. The van der Waals surface area contributed by atoms with Gasteiger partial charge >= 0.3 is 12.1 Å². The predicted octanol–water partition coefficient (Wildman–Crippen LogP) is 1.22. The molecule has 2 heterocycles. The molecule has 2 aromatic heterocycles. The summed E-state index contributed by atoms with van der Waals surface area (Å²) >= 11 is 0.891. The Morgan fingerprint density at radius 3 is 2.71 bits per heavy atom. The van der Waals surface area contributed by atoms with Crippen molar-refractivity contribution >= 4 is 22.3 Å². The number of hydrogen-bond donors (Lipinski definition) is 1. The Hall–Kier alpha value is -1.71. The summed E-state index contributed by atoms with van der Waals surface area (Å²) in [4.78, 5) is 10.3. The van der Waals surface area contributed by atoms with Crippen LogP contribution in [0.15, 0.2) is 0 Å². The van der Waals surface area contributed by atoms with E-state index >= 15 is 0 Å². The zero-order chi connectivity index (χ0) is 12.6. The second kappa shape index (κ2) is 3.95. The van der Waals surface area contributed by atoms with Crippen molar-refractivity contribution in [3.05, 3.63) is 10.8 Å². The summed E-state index contributed by atoms with van der Waals surface area (Å²) in [6.45, 7) is 0. The summed E-state index contributed by atoms with van der Waals surface area (Å²) in [6.07, 6.45) is -4.75. The summed E-state index contributed by atoms with van der Waals surface area (Å²) in [5, 5.41) is 18.7. The van der Waals surface area contributed by atoms with Crippen LogP contribution in [0.2, 0.25) is 0 Å². The Morgan fingerprint density at radius 1 is 1.41 bits per heavy atom. The van der Waals surface area contributed by atoms with Gasteiger partial charge in [0, 0.05) is 6.42 Å². The van der Waals surface area contributed by atoms with Crippen LogP contribution >= 0.6 is 11.3 Å². The maximum absolute atomic E-state index is 12.4. The molecule has 10 heteroatoms. The molecule has 0 aliphatic rings. The lowest BCUT2D eigenvalue weighted by molar-refractivity contribution is -0.146. The lowest BCUT2D eigenvalue weighted by atomic mass is 10.3. The minimum absolute atomic E-state index is 0.00212. The fourth-order valence-electron chi connectivity index (χ4n) is 1.15. The highest BCUT2D eigenvalue weighted by atomic mass is 32.1. The van der Waals surface area contributed by atoms with Crippen LogP contribution in [0.3, 0.4) is 0 Å². The largest absolute Gasteiger partial charge is 0.481 e. The number of carbonyl (C=O) groups is 1. The molecular weight excluding hydrogens is 261 g/mol. The number of aromatic nitrogens is 4. The molecule has 0 saturated carbocycles. The van der Waals surface area contributed by atoms with E-state index in [1.54, 1.807) is 0 Å². The zero-order valence-corrected chi connectivity index (χ0v) is 8.92. The van der Waals surface area contributed by atoms with Gasteiger partial charge in [-0.2, -0.15) is 22.8 Å². The predicted molar refractivity (Wildman–Crippen MR) is 49.6 cm³/mol. The van der Waals surface area contributed by atoms with E-state index in [2.05, 4.69) is 15.3 Å². The van der Waals surface area contributed by atoms with Gasteiger partial charge in [-0.15, -0.1) is 10.2 Å². The number of carboxylic acids is 1. The summed E-state index contributed by atoms with van der Waals surface area (Å²) in [5.74, 6) is -2.24. The van der Waals surface area contributed by atoms with Crippen LogP contribution in [0.1, 0.15) is 17.3 Å². The van der Waals surface area contributed by atoms with Crippen LogP contribution in [0.4, 0.5) is 13.2 Å². The summed E-state index contributed by atoms with van der Waals surface area (Å²) < 4.78 is 37.9. The molecule has 0 saturated heterocycles. The van der Waals surface area contributed by atoms with Crippen LogP contribution in [-0.2, 0) is 17.4 Å². The van der Waals surface area contributed by atoms with Gasteiger partial charge in [0.1, 0.15) is 5.01 Å². The Labute approximate surface area is 95.7 Å². The molecule has 6 nitrogen and oxygen atoms in total. The number of aryl methyl sites for hydroxylation is 1. The van der Waals surface area contributed by atoms with Crippen molar-refractivity contribution in [1.29, 1.82) is 0 Å². The van der Waals surface area contributed by atoms with E-state index in [-0.39, 0.29) is 22.8 Å². The zero-order valence-electron chi connectivity index (χ0n) is 8.10. The van der Waals surface area contributed by atoms with E-state index in [9.17, 15) is 18.0 Å². The van der Waals surface area contributed by atoms with Crippen molar-refractivity contribution in [2.75, 3.05) is 0 Å². The van der Waals surface area contributed by atoms with Crippen molar-refractivity contribution in [3.63, 3.8) is 0 Å². The Balaban J connectivity index is 2.32. The number of alkyl halides is 3. The number of rotatable bonds is 3. The molecule has 0 aliphatic carbocycles. The lowest BCUT2D eigenvalue weighted by Crippen LogP contribution is -2.11. The minimum atomic E-state index is -4.63. The number of hydrogen-bond acceptors (Lipinski definition) is 5. The van der Waals surface area contributed by atoms with Crippen LogP contribution in [-0.4, -0.2) is 30.9 Å². The van der Waals surface area contributed by atoms with Gasteiger partial charge in [-0.05, 0) is 0 Å². The molecule has 2 aromatic rings. The van der Waals surface area contributed by atoms with Crippen LogP contribution in [0, 0.1) is 0 Å². The fourth-order valence-corrected chi connectivity index (χ4v) is 1.98. The molecule has 0 aromatic carbocycles. The van der Waals surface area contributed by atoms with Gasteiger partial charge < -0.3 is 5.11 Å². The monoisotopic (exact) mass is 266 g/mol. The summed E-state index contributed by atoms with van der Waals surface area (Å²) in [5.41, 5.74) is 0. The van der Waals surface area contributed by atoms with E-state index in [0.29, 0.717) is 4.52 Å². The normalized spacial score (nSPS) is 12.2. The fraction of sp³-hybridized carbons (Fsp3) is 0.429. The van der Waals surface area contributed by atoms with E-state index in [1.165, 1.54) is 0 Å². The van der Waals surface area contributed by atoms with Crippen molar-refractivity contribution in [2.45, 2.75) is 19.0 Å². The first kappa shape index (κ1) is 11.8.